The Morgan fingerprint density at radius 3 is 2.50 bits per heavy atom. The van der Waals surface area contributed by atoms with Crippen molar-refractivity contribution in [1.82, 2.24) is 15.2 Å². The van der Waals surface area contributed by atoms with Gasteiger partial charge in [0.1, 0.15) is 11.6 Å². The summed E-state index contributed by atoms with van der Waals surface area (Å²) in [6.45, 7) is 5.83. The van der Waals surface area contributed by atoms with E-state index < -0.39 is 0 Å². The van der Waals surface area contributed by atoms with E-state index in [2.05, 4.69) is 39.5 Å². The maximum absolute atomic E-state index is 13.0. The summed E-state index contributed by atoms with van der Waals surface area (Å²) in [5.41, 5.74) is 4.16. The molecule has 1 amide bonds. The van der Waals surface area contributed by atoms with Gasteiger partial charge in [-0.1, -0.05) is 30.7 Å². The summed E-state index contributed by atoms with van der Waals surface area (Å²) in [5.74, 6) is 2.13. The van der Waals surface area contributed by atoms with Crippen LogP contribution in [0.25, 0.3) is 11.5 Å². The normalized spacial score (nSPS) is 14.3. The minimum absolute atomic E-state index is 0.0159. The van der Waals surface area contributed by atoms with E-state index in [4.69, 9.17) is 4.42 Å². The number of aryl methyl sites for hydroxylation is 1. The molecule has 2 aromatic carbocycles. The molecule has 0 radical (unpaired) electrons. The SMILES string of the molecule is Cc1oc(-c2ccc(CN3CCCCC3)cc2)nc1CSCC(=O)NCCc1ccc(F)cc1. The molecule has 0 saturated carbocycles. The number of piperidine rings is 1. The number of rotatable bonds is 10. The van der Waals surface area contributed by atoms with Crippen molar-refractivity contribution < 1.29 is 13.6 Å². The van der Waals surface area contributed by atoms with Crippen molar-refractivity contribution in [2.24, 2.45) is 0 Å². The fraction of sp³-hybridized carbons (Fsp3) is 0.407. The van der Waals surface area contributed by atoms with Crippen molar-refractivity contribution >= 4 is 17.7 Å². The maximum Gasteiger partial charge on any atom is 0.230 e. The standard InChI is InChI=1S/C27H32FN3O2S/c1-20-25(18-34-19-26(32)29-14-13-21-7-11-24(28)12-8-21)30-27(33-20)23-9-5-22(6-10-23)17-31-15-3-2-4-16-31/h5-12H,2-4,13-19H2,1H3,(H,29,32). The second kappa shape index (κ2) is 12.2. The summed E-state index contributed by atoms with van der Waals surface area (Å²) < 4.78 is 18.9. The van der Waals surface area contributed by atoms with Crippen LogP contribution in [0.15, 0.2) is 52.9 Å². The lowest BCUT2D eigenvalue weighted by molar-refractivity contribution is -0.118. The fourth-order valence-corrected chi connectivity index (χ4v) is 4.95. The predicted octanol–water partition coefficient (Wildman–Crippen LogP) is 5.37. The molecule has 0 spiro atoms. The highest BCUT2D eigenvalue weighted by atomic mass is 32.2. The zero-order chi connectivity index (χ0) is 23.8. The van der Waals surface area contributed by atoms with Crippen molar-refractivity contribution in [2.75, 3.05) is 25.4 Å². The molecule has 0 bridgehead atoms. The first-order chi connectivity index (χ1) is 16.6. The van der Waals surface area contributed by atoms with Crippen LogP contribution in [0.1, 0.15) is 41.8 Å². The van der Waals surface area contributed by atoms with Crippen LogP contribution in [-0.4, -0.2) is 41.2 Å². The second-order valence-corrected chi connectivity index (χ2v) is 9.76. The predicted molar refractivity (Wildman–Crippen MR) is 135 cm³/mol. The zero-order valence-corrected chi connectivity index (χ0v) is 20.5. The molecule has 3 aromatic rings. The third-order valence-electron chi connectivity index (χ3n) is 6.07. The quantitative estimate of drug-likeness (QED) is 0.422. The van der Waals surface area contributed by atoms with Crippen molar-refractivity contribution in [3.05, 3.63) is 76.9 Å². The first kappa shape index (κ1) is 24.5. The minimum atomic E-state index is -0.250. The van der Waals surface area contributed by atoms with Gasteiger partial charge in [-0.3, -0.25) is 9.69 Å². The van der Waals surface area contributed by atoms with Crippen LogP contribution >= 0.6 is 11.8 Å². The molecule has 7 heteroatoms. The Morgan fingerprint density at radius 2 is 1.76 bits per heavy atom. The zero-order valence-electron chi connectivity index (χ0n) is 19.7. The molecule has 34 heavy (non-hydrogen) atoms. The van der Waals surface area contributed by atoms with Crippen molar-refractivity contribution in [3.8, 4) is 11.5 Å². The van der Waals surface area contributed by atoms with Crippen LogP contribution < -0.4 is 5.32 Å². The molecule has 1 aliphatic rings. The van der Waals surface area contributed by atoms with Crippen LogP contribution in [0.4, 0.5) is 4.39 Å². The number of thioether (sulfide) groups is 1. The van der Waals surface area contributed by atoms with Crippen LogP contribution in [-0.2, 0) is 23.5 Å². The smallest absolute Gasteiger partial charge is 0.230 e. The average Bonchev–Trinajstić information content (AvgIpc) is 3.22. The lowest BCUT2D eigenvalue weighted by Gasteiger charge is -2.26. The highest BCUT2D eigenvalue weighted by Crippen LogP contribution is 2.25. The van der Waals surface area contributed by atoms with E-state index >= 15 is 0 Å². The van der Waals surface area contributed by atoms with Crippen LogP contribution in [0.3, 0.4) is 0 Å². The molecular weight excluding hydrogens is 449 g/mol. The van der Waals surface area contributed by atoms with Gasteiger partial charge < -0.3 is 9.73 Å². The lowest BCUT2D eigenvalue weighted by Crippen LogP contribution is -2.28. The third kappa shape index (κ3) is 7.18. The average molecular weight is 482 g/mol. The van der Waals surface area contributed by atoms with Crippen LogP contribution in [0.5, 0.6) is 0 Å². The summed E-state index contributed by atoms with van der Waals surface area (Å²) in [7, 11) is 0. The number of likely N-dealkylation sites (tertiary alicyclic amines) is 1. The van der Waals surface area contributed by atoms with Crippen LogP contribution in [0, 0.1) is 12.7 Å². The van der Waals surface area contributed by atoms with Crippen molar-refractivity contribution in [2.45, 2.75) is 44.9 Å². The third-order valence-corrected chi connectivity index (χ3v) is 7.01. The highest BCUT2D eigenvalue weighted by Gasteiger charge is 2.14. The number of nitrogens with one attached hydrogen (secondary N) is 1. The van der Waals surface area contributed by atoms with Gasteiger partial charge >= 0.3 is 0 Å². The van der Waals surface area contributed by atoms with E-state index in [9.17, 15) is 9.18 Å². The molecule has 0 atom stereocenters. The Hall–Kier alpha value is -2.64. The highest BCUT2D eigenvalue weighted by molar-refractivity contribution is 7.99. The number of nitrogens with zero attached hydrogens (tertiary/aromatic N) is 2. The van der Waals surface area contributed by atoms with E-state index in [-0.39, 0.29) is 11.7 Å². The molecule has 1 aromatic heterocycles. The number of hydrogen-bond donors (Lipinski definition) is 1. The summed E-state index contributed by atoms with van der Waals surface area (Å²) in [6.07, 6.45) is 4.62. The summed E-state index contributed by atoms with van der Waals surface area (Å²) in [6, 6.07) is 14.8. The number of aromatic nitrogens is 1. The van der Waals surface area contributed by atoms with E-state index in [0.29, 0.717) is 30.4 Å². The number of amides is 1. The minimum Gasteiger partial charge on any atom is -0.441 e. The van der Waals surface area contributed by atoms with Crippen molar-refractivity contribution in [3.63, 3.8) is 0 Å². The van der Waals surface area contributed by atoms with E-state index in [1.54, 1.807) is 12.1 Å². The molecule has 0 unspecified atom stereocenters. The molecule has 0 aliphatic carbocycles. The summed E-state index contributed by atoms with van der Waals surface area (Å²) in [5, 5.41) is 2.91. The molecule has 1 aliphatic heterocycles. The van der Waals surface area contributed by atoms with Gasteiger partial charge in [0.25, 0.3) is 0 Å². The molecule has 1 N–H and O–H groups in total. The first-order valence-corrected chi connectivity index (χ1v) is 13.1. The van der Waals surface area contributed by atoms with Gasteiger partial charge in [-0.15, -0.1) is 11.8 Å². The summed E-state index contributed by atoms with van der Waals surface area (Å²) in [4.78, 5) is 19.3. The second-order valence-electron chi connectivity index (χ2n) is 8.77. The Kier molecular flexibility index (Phi) is 8.77. The Balaban J connectivity index is 1.21. The number of oxazole rings is 1. The van der Waals surface area contributed by atoms with E-state index in [1.807, 2.05) is 6.92 Å². The molecule has 2 heterocycles. The van der Waals surface area contributed by atoms with Gasteiger partial charge in [-0.05, 0) is 74.7 Å². The molecule has 4 rings (SSSR count). The number of benzene rings is 2. The lowest BCUT2D eigenvalue weighted by atomic mass is 10.1. The maximum atomic E-state index is 13.0. The van der Waals surface area contributed by atoms with Crippen molar-refractivity contribution in [1.29, 1.82) is 0 Å². The molecule has 180 valence electrons. The van der Waals surface area contributed by atoms with Gasteiger partial charge in [-0.25, -0.2) is 9.37 Å². The number of carbonyl (C=O) groups excluding carboxylic acids is 1. The Morgan fingerprint density at radius 1 is 1.06 bits per heavy atom. The van der Waals surface area contributed by atoms with Gasteiger partial charge in [0.15, 0.2) is 0 Å². The van der Waals surface area contributed by atoms with Gasteiger partial charge in [0.05, 0.1) is 11.4 Å². The van der Waals surface area contributed by atoms with Gasteiger partial charge in [0, 0.05) is 24.4 Å². The molecule has 1 saturated heterocycles. The summed E-state index contributed by atoms with van der Waals surface area (Å²) >= 11 is 1.52. The largest absolute Gasteiger partial charge is 0.441 e. The topological polar surface area (TPSA) is 58.4 Å². The molecule has 1 fully saturated rings. The van der Waals surface area contributed by atoms with Crippen LogP contribution in [0.2, 0.25) is 0 Å². The van der Waals surface area contributed by atoms with Gasteiger partial charge in [0.2, 0.25) is 11.8 Å². The monoisotopic (exact) mass is 481 g/mol. The number of halogens is 1. The van der Waals surface area contributed by atoms with E-state index in [1.165, 1.54) is 61.8 Å². The molecular formula is C27H32FN3O2S. The van der Waals surface area contributed by atoms with E-state index in [0.717, 1.165) is 29.1 Å². The number of hydrogen-bond acceptors (Lipinski definition) is 5. The Bertz CT molecular complexity index is 1060. The molecule has 5 nitrogen and oxygen atoms in total. The first-order valence-electron chi connectivity index (χ1n) is 11.9. The number of carbonyl (C=O) groups is 1. The Labute approximate surface area is 205 Å². The fourth-order valence-electron chi connectivity index (χ4n) is 4.10. The van der Waals surface area contributed by atoms with Gasteiger partial charge in [-0.2, -0.15) is 0 Å².